The van der Waals surface area contributed by atoms with Crippen LogP contribution >= 0.6 is 11.3 Å². The molecule has 0 fully saturated rings. The van der Waals surface area contributed by atoms with E-state index in [1.807, 2.05) is 23.7 Å². The van der Waals surface area contributed by atoms with E-state index in [0.717, 1.165) is 39.2 Å². The van der Waals surface area contributed by atoms with Crippen molar-refractivity contribution in [2.75, 3.05) is 0 Å². The Balaban J connectivity index is 1.83. The minimum atomic E-state index is 0.786. The van der Waals surface area contributed by atoms with E-state index in [1.165, 1.54) is 0 Å². The third-order valence-corrected chi connectivity index (χ3v) is 4.25. The van der Waals surface area contributed by atoms with Gasteiger partial charge in [-0.3, -0.25) is 10.1 Å². The van der Waals surface area contributed by atoms with Gasteiger partial charge in [-0.1, -0.05) is 18.2 Å². The maximum atomic E-state index is 4.51. The number of para-hydroxylation sites is 1. The van der Waals surface area contributed by atoms with E-state index < -0.39 is 0 Å². The summed E-state index contributed by atoms with van der Waals surface area (Å²) in [5, 5.41) is 11.9. The molecule has 0 saturated heterocycles. The molecule has 0 aliphatic rings. The molecular weight excluding hydrogens is 280 g/mol. The van der Waals surface area contributed by atoms with Crippen LogP contribution in [0.5, 0.6) is 0 Å². The second kappa shape index (κ2) is 5.10. The Morgan fingerprint density at radius 2 is 1.95 bits per heavy atom. The van der Waals surface area contributed by atoms with Crippen LogP contribution in [0.2, 0.25) is 0 Å². The molecule has 0 unspecified atom stereocenters. The van der Waals surface area contributed by atoms with Crippen molar-refractivity contribution >= 4 is 22.2 Å². The number of thiazole rings is 1. The number of nitrogens with one attached hydrogen (secondary N) is 1. The Kier molecular flexibility index (Phi) is 2.97. The summed E-state index contributed by atoms with van der Waals surface area (Å²) in [6.07, 6.45) is 6.23. The van der Waals surface area contributed by atoms with Crippen LogP contribution in [0, 0.1) is 0 Å². The minimum Gasteiger partial charge on any atom is -0.281 e. The summed E-state index contributed by atoms with van der Waals surface area (Å²) < 4.78 is 0. The van der Waals surface area contributed by atoms with Gasteiger partial charge in [0.2, 0.25) is 0 Å². The topological polar surface area (TPSA) is 54.5 Å². The Morgan fingerprint density at radius 1 is 1.05 bits per heavy atom. The van der Waals surface area contributed by atoms with Gasteiger partial charge in [0.05, 0.1) is 5.01 Å². The standard InChI is InChI=1S/C16H12N4S/c1-2-12(11-4-6-17-7-5-11)16-13(3-1)14(19-20-16)10-15-18-8-9-21-15/h1-9H,10H2,(H,19,20). The first-order chi connectivity index (χ1) is 10.4. The predicted molar refractivity (Wildman–Crippen MR) is 84.2 cm³/mol. The molecule has 3 heterocycles. The van der Waals surface area contributed by atoms with Crippen LogP contribution in [0.3, 0.4) is 0 Å². The van der Waals surface area contributed by atoms with Crippen LogP contribution < -0.4 is 0 Å². The molecule has 0 saturated carbocycles. The highest BCUT2D eigenvalue weighted by Crippen LogP contribution is 2.29. The summed E-state index contributed by atoms with van der Waals surface area (Å²) >= 11 is 1.66. The number of hydrogen-bond acceptors (Lipinski definition) is 4. The lowest BCUT2D eigenvalue weighted by Crippen LogP contribution is -1.87. The van der Waals surface area contributed by atoms with Gasteiger partial charge in [-0.25, -0.2) is 4.98 Å². The van der Waals surface area contributed by atoms with Crippen molar-refractivity contribution in [1.29, 1.82) is 0 Å². The van der Waals surface area contributed by atoms with E-state index in [2.05, 4.69) is 38.4 Å². The number of pyridine rings is 1. The summed E-state index contributed by atoms with van der Waals surface area (Å²) in [5.41, 5.74) is 4.35. The SMILES string of the molecule is c1cc(-c2ccncc2)c2n[nH]c(Cc3nccs3)c2c1. The molecule has 0 atom stereocenters. The minimum absolute atomic E-state index is 0.786. The van der Waals surface area contributed by atoms with Crippen molar-refractivity contribution < 1.29 is 0 Å². The van der Waals surface area contributed by atoms with Crippen LogP contribution in [0.25, 0.3) is 22.0 Å². The highest BCUT2D eigenvalue weighted by atomic mass is 32.1. The fourth-order valence-electron chi connectivity index (χ4n) is 2.48. The van der Waals surface area contributed by atoms with Crippen molar-refractivity contribution in [2.24, 2.45) is 0 Å². The molecule has 1 aromatic carbocycles. The Labute approximate surface area is 125 Å². The quantitative estimate of drug-likeness (QED) is 0.627. The smallest absolute Gasteiger partial charge is 0.100 e. The average Bonchev–Trinajstić information content (AvgIpc) is 3.19. The lowest BCUT2D eigenvalue weighted by atomic mass is 10.0. The molecule has 102 valence electrons. The monoisotopic (exact) mass is 292 g/mol. The Bertz CT molecular complexity index is 866. The lowest BCUT2D eigenvalue weighted by Gasteiger charge is -2.02. The summed E-state index contributed by atoms with van der Waals surface area (Å²) in [6.45, 7) is 0. The molecule has 0 radical (unpaired) electrons. The molecule has 5 heteroatoms. The van der Waals surface area contributed by atoms with Crippen molar-refractivity contribution in [3.05, 3.63) is 65.0 Å². The van der Waals surface area contributed by atoms with Crippen LogP contribution in [0.4, 0.5) is 0 Å². The zero-order chi connectivity index (χ0) is 14.1. The highest BCUT2D eigenvalue weighted by molar-refractivity contribution is 7.09. The number of aromatic nitrogens is 4. The highest BCUT2D eigenvalue weighted by Gasteiger charge is 2.11. The molecule has 4 rings (SSSR count). The van der Waals surface area contributed by atoms with E-state index in [9.17, 15) is 0 Å². The molecular formula is C16H12N4S. The van der Waals surface area contributed by atoms with Gasteiger partial charge in [0.25, 0.3) is 0 Å². The van der Waals surface area contributed by atoms with E-state index in [0.29, 0.717) is 0 Å². The van der Waals surface area contributed by atoms with Gasteiger partial charge in [-0.2, -0.15) is 5.10 Å². The Morgan fingerprint density at radius 3 is 2.76 bits per heavy atom. The van der Waals surface area contributed by atoms with Crippen molar-refractivity contribution in [1.82, 2.24) is 20.2 Å². The lowest BCUT2D eigenvalue weighted by molar-refractivity contribution is 1.00. The van der Waals surface area contributed by atoms with Crippen LogP contribution in [0.15, 0.2) is 54.3 Å². The first-order valence-electron chi connectivity index (χ1n) is 6.66. The summed E-state index contributed by atoms with van der Waals surface area (Å²) in [5.74, 6) is 0. The molecule has 3 aromatic heterocycles. The zero-order valence-electron chi connectivity index (χ0n) is 11.2. The van der Waals surface area contributed by atoms with Gasteiger partial charge in [-0.15, -0.1) is 11.3 Å². The van der Waals surface area contributed by atoms with Crippen LogP contribution in [-0.2, 0) is 6.42 Å². The molecule has 21 heavy (non-hydrogen) atoms. The van der Waals surface area contributed by atoms with E-state index in [-0.39, 0.29) is 0 Å². The molecule has 1 N–H and O–H groups in total. The van der Waals surface area contributed by atoms with Crippen molar-refractivity contribution in [2.45, 2.75) is 6.42 Å². The second-order valence-electron chi connectivity index (χ2n) is 4.74. The number of fused-ring (bicyclic) bond motifs is 1. The van der Waals surface area contributed by atoms with Gasteiger partial charge < -0.3 is 0 Å². The van der Waals surface area contributed by atoms with Gasteiger partial charge in [0, 0.05) is 47.0 Å². The predicted octanol–water partition coefficient (Wildman–Crippen LogP) is 3.67. The van der Waals surface area contributed by atoms with E-state index >= 15 is 0 Å². The molecule has 0 aliphatic heterocycles. The number of hydrogen-bond donors (Lipinski definition) is 1. The largest absolute Gasteiger partial charge is 0.281 e. The maximum absolute atomic E-state index is 4.51. The number of benzene rings is 1. The first kappa shape index (κ1) is 12.2. The number of nitrogens with zero attached hydrogens (tertiary/aromatic N) is 3. The van der Waals surface area contributed by atoms with Gasteiger partial charge in [-0.05, 0) is 17.7 Å². The number of aromatic amines is 1. The number of H-pyrrole nitrogens is 1. The molecule has 0 aliphatic carbocycles. The molecule has 0 bridgehead atoms. The summed E-state index contributed by atoms with van der Waals surface area (Å²) in [6, 6.07) is 10.3. The van der Waals surface area contributed by atoms with Crippen molar-refractivity contribution in [3.63, 3.8) is 0 Å². The van der Waals surface area contributed by atoms with Gasteiger partial charge >= 0.3 is 0 Å². The van der Waals surface area contributed by atoms with E-state index in [4.69, 9.17) is 0 Å². The summed E-state index contributed by atoms with van der Waals surface area (Å²) in [4.78, 5) is 8.41. The summed E-state index contributed by atoms with van der Waals surface area (Å²) in [7, 11) is 0. The first-order valence-corrected chi connectivity index (χ1v) is 7.54. The third-order valence-electron chi connectivity index (χ3n) is 3.47. The van der Waals surface area contributed by atoms with Gasteiger partial charge in [0.1, 0.15) is 5.52 Å². The van der Waals surface area contributed by atoms with Crippen molar-refractivity contribution in [3.8, 4) is 11.1 Å². The normalized spacial score (nSPS) is 11.0. The molecule has 0 amide bonds. The van der Waals surface area contributed by atoms with E-state index in [1.54, 1.807) is 23.7 Å². The zero-order valence-corrected chi connectivity index (χ0v) is 12.0. The fourth-order valence-corrected chi connectivity index (χ4v) is 3.11. The molecule has 0 spiro atoms. The van der Waals surface area contributed by atoms with Crippen LogP contribution in [-0.4, -0.2) is 20.2 Å². The maximum Gasteiger partial charge on any atom is 0.100 e. The molecule has 4 nitrogen and oxygen atoms in total. The number of rotatable bonds is 3. The molecule has 4 aromatic rings. The fraction of sp³-hybridized carbons (Fsp3) is 0.0625. The van der Waals surface area contributed by atoms with Gasteiger partial charge in [0.15, 0.2) is 0 Å². The third kappa shape index (κ3) is 2.21. The van der Waals surface area contributed by atoms with Crippen LogP contribution in [0.1, 0.15) is 10.7 Å². The Hall–Kier alpha value is -2.53. The average molecular weight is 292 g/mol. The second-order valence-corrected chi connectivity index (χ2v) is 5.72.